The average Bonchev–Trinajstić information content (AvgIpc) is 2.83. The summed E-state index contributed by atoms with van der Waals surface area (Å²) in [6.45, 7) is 0.924. The second-order valence-corrected chi connectivity index (χ2v) is 4.05. The number of nitrogens with zero attached hydrogens (tertiary/aromatic N) is 2. The fourth-order valence-corrected chi connectivity index (χ4v) is 1.73. The molecule has 4 nitrogen and oxygen atoms in total. The summed E-state index contributed by atoms with van der Waals surface area (Å²) in [5.74, 6) is 7.64. The molecule has 0 aliphatic heterocycles. The molecule has 0 spiro atoms. The Kier molecular flexibility index (Phi) is 4.60. The lowest BCUT2D eigenvalue weighted by molar-refractivity contribution is 0.316. The van der Waals surface area contributed by atoms with Crippen molar-refractivity contribution < 1.29 is 4.74 Å². The summed E-state index contributed by atoms with van der Waals surface area (Å²) in [5.41, 5.74) is 6.25. The van der Waals surface area contributed by atoms with E-state index in [9.17, 15) is 0 Å². The molecule has 2 N–H and O–H groups in total. The first-order chi connectivity index (χ1) is 9.31. The van der Waals surface area contributed by atoms with Gasteiger partial charge in [-0.05, 0) is 12.1 Å². The summed E-state index contributed by atoms with van der Waals surface area (Å²) in [6, 6.07) is 7.72. The zero-order chi connectivity index (χ0) is 13.5. The third kappa shape index (κ3) is 3.60. The van der Waals surface area contributed by atoms with Gasteiger partial charge in [0.05, 0.1) is 18.7 Å². The molecule has 0 saturated carbocycles. The molecule has 98 valence electrons. The number of aromatic nitrogens is 2. The third-order valence-electron chi connectivity index (χ3n) is 2.72. The van der Waals surface area contributed by atoms with E-state index in [-0.39, 0.29) is 0 Å². The topological polar surface area (TPSA) is 53.1 Å². The van der Waals surface area contributed by atoms with E-state index in [0.29, 0.717) is 13.2 Å². The van der Waals surface area contributed by atoms with Crippen molar-refractivity contribution in [3.63, 3.8) is 0 Å². The van der Waals surface area contributed by atoms with Gasteiger partial charge in [-0.15, -0.1) is 0 Å². The Bertz CT molecular complexity index is 593. The van der Waals surface area contributed by atoms with Crippen LogP contribution in [-0.2, 0) is 13.5 Å². The maximum atomic E-state index is 5.77. The van der Waals surface area contributed by atoms with Gasteiger partial charge in [-0.25, -0.2) is 4.98 Å². The van der Waals surface area contributed by atoms with Gasteiger partial charge in [-0.2, -0.15) is 0 Å². The van der Waals surface area contributed by atoms with Gasteiger partial charge in [0, 0.05) is 25.9 Å². The predicted molar refractivity (Wildman–Crippen MR) is 74.8 cm³/mol. The molecule has 19 heavy (non-hydrogen) atoms. The van der Waals surface area contributed by atoms with E-state index in [4.69, 9.17) is 10.5 Å². The van der Waals surface area contributed by atoms with Crippen LogP contribution in [0.4, 0.5) is 0 Å². The van der Waals surface area contributed by atoms with Crippen molar-refractivity contribution in [2.75, 3.05) is 13.2 Å². The van der Waals surface area contributed by atoms with Crippen molar-refractivity contribution in [1.82, 2.24) is 9.55 Å². The Hall–Kier alpha value is -2.25. The number of rotatable bonds is 4. The van der Waals surface area contributed by atoms with Gasteiger partial charge in [-0.3, -0.25) is 0 Å². The smallest absolute Gasteiger partial charge is 0.134 e. The zero-order valence-electron chi connectivity index (χ0n) is 11.0. The number of imidazole rings is 1. The van der Waals surface area contributed by atoms with E-state index < -0.39 is 0 Å². The van der Waals surface area contributed by atoms with Gasteiger partial charge in [0.1, 0.15) is 11.6 Å². The fraction of sp³-hybridized carbons (Fsp3) is 0.267. The minimum absolute atomic E-state index is 0.349. The number of hydrogen-bond acceptors (Lipinski definition) is 3. The minimum Gasteiger partial charge on any atom is -0.492 e. The first-order valence-electron chi connectivity index (χ1n) is 6.18. The molecule has 4 heteroatoms. The van der Waals surface area contributed by atoms with Crippen LogP contribution in [0.25, 0.3) is 0 Å². The van der Waals surface area contributed by atoms with E-state index >= 15 is 0 Å². The third-order valence-corrected chi connectivity index (χ3v) is 2.72. The highest BCUT2D eigenvalue weighted by Crippen LogP contribution is 2.16. The normalized spacial score (nSPS) is 9.79. The molecule has 0 aliphatic carbocycles. The maximum absolute atomic E-state index is 5.77. The Morgan fingerprint density at radius 1 is 1.37 bits per heavy atom. The van der Waals surface area contributed by atoms with Gasteiger partial charge in [0.2, 0.25) is 0 Å². The van der Waals surface area contributed by atoms with Gasteiger partial charge in [0.15, 0.2) is 0 Å². The number of benzene rings is 1. The summed E-state index contributed by atoms with van der Waals surface area (Å²) in [4.78, 5) is 4.26. The van der Waals surface area contributed by atoms with Crippen molar-refractivity contribution in [1.29, 1.82) is 0 Å². The maximum Gasteiger partial charge on any atom is 0.134 e. The van der Waals surface area contributed by atoms with E-state index in [1.54, 1.807) is 6.20 Å². The number of ether oxygens (including phenoxy) is 1. The van der Waals surface area contributed by atoms with Gasteiger partial charge >= 0.3 is 0 Å². The van der Waals surface area contributed by atoms with E-state index in [0.717, 1.165) is 23.6 Å². The van der Waals surface area contributed by atoms with Gasteiger partial charge in [0.25, 0.3) is 0 Å². The van der Waals surface area contributed by atoms with Crippen molar-refractivity contribution in [2.24, 2.45) is 12.8 Å². The van der Waals surface area contributed by atoms with Crippen LogP contribution in [0.5, 0.6) is 5.75 Å². The number of para-hydroxylation sites is 1. The SMILES string of the molecule is Cn1ccnc1CCOc1ccccc1C#CCN. The molecule has 2 rings (SSSR count). The molecule has 0 bridgehead atoms. The minimum atomic E-state index is 0.349. The zero-order valence-corrected chi connectivity index (χ0v) is 11.0. The van der Waals surface area contributed by atoms with Crippen LogP contribution in [0.1, 0.15) is 11.4 Å². The summed E-state index contributed by atoms with van der Waals surface area (Å²) in [7, 11) is 1.98. The highest BCUT2D eigenvalue weighted by atomic mass is 16.5. The largest absolute Gasteiger partial charge is 0.492 e. The standard InChI is InChI=1S/C15H17N3O/c1-18-11-10-17-15(18)8-12-19-14-7-3-2-5-13(14)6-4-9-16/h2-3,5,7,10-11H,8-9,12,16H2,1H3. The van der Waals surface area contributed by atoms with Crippen LogP contribution in [0.3, 0.4) is 0 Å². The molecule has 1 heterocycles. The highest BCUT2D eigenvalue weighted by molar-refractivity contribution is 5.45. The molecular formula is C15H17N3O. The molecule has 0 amide bonds. The van der Waals surface area contributed by atoms with E-state index in [2.05, 4.69) is 16.8 Å². The Labute approximate surface area is 113 Å². The van der Waals surface area contributed by atoms with Crippen molar-refractivity contribution in [3.8, 4) is 17.6 Å². The Morgan fingerprint density at radius 3 is 2.95 bits per heavy atom. The quantitative estimate of drug-likeness (QED) is 0.839. The second kappa shape index (κ2) is 6.62. The molecule has 0 atom stereocenters. The van der Waals surface area contributed by atoms with Crippen molar-refractivity contribution in [2.45, 2.75) is 6.42 Å². The monoisotopic (exact) mass is 255 g/mol. The molecule has 0 saturated heterocycles. The average molecular weight is 255 g/mol. The summed E-state index contributed by atoms with van der Waals surface area (Å²) >= 11 is 0. The molecule has 0 aliphatic rings. The summed E-state index contributed by atoms with van der Waals surface area (Å²) in [6.07, 6.45) is 4.48. The van der Waals surface area contributed by atoms with Gasteiger partial charge in [-0.1, -0.05) is 24.0 Å². The van der Waals surface area contributed by atoms with Crippen molar-refractivity contribution >= 4 is 0 Å². The molecule has 0 fully saturated rings. The van der Waals surface area contributed by atoms with Crippen LogP contribution < -0.4 is 10.5 Å². The van der Waals surface area contributed by atoms with E-state index in [1.165, 1.54) is 0 Å². The number of nitrogens with two attached hydrogens (primary N) is 1. The molecule has 2 aromatic rings. The van der Waals surface area contributed by atoms with Crippen LogP contribution in [0.15, 0.2) is 36.7 Å². The molecule has 1 aromatic heterocycles. The van der Waals surface area contributed by atoms with Gasteiger partial charge < -0.3 is 15.0 Å². The first-order valence-corrected chi connectivity index (χ1v) is 6.18. The van der Waals surface area contributed by atoms with Crippen LogP contribution >= 0.6 is 0 Å². The number of aryl methyl sites for hydroxylation is 1. The molecular weight excluding hydrogens is 238 g/mol. The first kappa shape index (κ1) is 13.2. The Morgan fingerprint density at radius 2 is 2.21 bits per heavy atom. The van der Waals surface area contributed by atoms with Crippen LogP contribution in [0.2, 0.25) is 0 Å². The van der Waals surface area contributed by atoms with Crippen LogP contribution in [-0.4, -0.2) is 22.7 Å². The highest BCUT2D eigenvalue weighted by Gasteiger charge is 2.02. The lowest BCUT2D eigenvalue weighted by Gasteiger charge is -2.08. The molecule has 0 unspecified atom stereocenters. The van der Waals surface area contributed by atoms with Crippen LogP contribution in [0, 0.1) is 11.8 Å². The van der Waals surface area contributed by atoms with E-state index in [1.807, 2.05) is 42.1 Å². The lowest BCUT2D eigenvalue weighted by atomic mass is 10.2. The second-order valence-electron chi connectivity index (χ2n) is 4.05. The molecule has 0 radical (unpaired) electrons. The van der Waals surface area contributed by atoms with Crippen molar-refractivity contribution in [3.05, 3.63) is 48.0 Å². The summed E-state index contributed by atoms with van der Waals surface area (Å²) in [5, 5.41) is 0. The predicted octanol–water partition coefficient (Wildman–Crippen LogP) is 1.35. The number of hydrogen-bond donors (Lipinski definition) is 1. The Balaban J connectivity index is 1.98. The lowest BCUT2D eigenvalue weighted by Crippen LogP contribution is -2.06. The molecule has 1 aromatic carbocycles. The summed E-state index contributed by atoms with van der Waals surface area (Å²) < 4.78 is 7.76. The fourth-order valence-electron chi connectivity index (χ4n) is 1.73.